The summed E-state index contributed by atoms with van der Waals surface area (Å²) in [5, 5.41) is 11.0. The van der Waals surface area contributed by atoms with E-state index in [-0.39, 0.29) is 29.0 Å². The number of nitrogens with zero attached hydrogens (tertiary/aromatic N) is 5. The fourth-order valence-corrected chi connectivity index (χ4v) is 4.60. The van der Waals surface area contributed by atoms with Gasteiger partial charge in [-0.2, -0.15) is 0 Å². The van der Waals surface area contributed by atoms with Crippen LogP contribution >= 0.6 is 0 Å². The second kappa shape index (κ2) is 8.98. The third-order valence-corrected chi connectivity index (χ3v) is 6.82. The molecular weight excluding hydrogens is 432 g/mol. The number of amides is 2. The minimum Gasteiger partial charge on any atom is -0.373 e. The molecule has 2 atom stereocenters. The van der Waals surface area contributed by atoms with E-state index in [2.05, 4.69) is 27.4 Å². The van der Waals surface area contributed by atoms with Crippen LogP contribution in [0, 0.1) is 0 Å². The topological polar surface area (TPSA) is 102 Å². The SMILES string of the molecule is C[C@H](Cc1nncn1C)c1cccc(NC(=O)c2cc(C(=O)N3CCC4(CCO4)C3)ccn2)c1. The smallest absolute Gasteiger partial charge is 0.274 e. The fraction of sp³-hybridized carbons (Fsp3) is 0.400. The zero-order valence-corrected chi connectivity index (χ0v) is 19.4. The zero-order valence-electron chi connectivity index (χ0n) is 19.4. The molecule has 0 bridgehead atoms. The number of carbonyl (C=O) groups excluding carboxylic acids is 2. The molecule has 2 fully saturated rings. The molecule has 2 aliphatic rings. The number of carbonyl (C=O) groups is 2. The van der Waals surface area contributed by atoms with Crippen molar-refractivity contribution in [3.63, 3.8) is 0 Å². The maximum absolute atomic E-state index is 13.0. The molecule has 2 amide bonds. The monoisotopic (exact) mass is 460 g/mol. The number of benzene rings is 1. The Hall–Kier alpha value is -3.59. The van der Waals surface area contributed by atoms with Crippen molar-refractivity contribution in [1.82, 2.24) is 24.6 Å². The van der Waals surface area contributed by atoms with E-state index in [9.17, 15) is 9.59 Å². The summed E-state index contributed by atoms with van der Waals surface area (Å²) in [5.41, 5.74) is 2.27. The summed E-state index contributed by atoms with van der Waals surface area (Å²) in [4.78, 5) is 31.9. The Morgan fingerprint density at radius 1 is 1.24 bits per heavy atom. The molecule has 2 aromatic heterocycles. The van der Waals surface area contributed by atoms with E-state index >= 15 is 0 Å². The predicted molar refractivity (Wildman–Crippen MR) is 126 cm³/mol. The second-order valence-electron chi connectivity index (χ2n) is 9.23. The van der Waals surface area contributed by atoms with Crippen molar-refractivity contribution in [3.05, 3.63) is 71.6 Å². The van der Waals surface area contributed by atoms with E-state index in [4.69, 9.17) is 4.74 Å². The van der Waals surface area contributed by atoms with E-state index in [0.717, 1.165) is 37.3 Å². The van der Waals surface area contributed by atoms with Gasteiger partial charge in [0.15, 0.2) is 0 Å². The van der Waals surface area contributed by atoms with Gasteiger partial charge in [0.1, 0.15) is 17.8 Å². The molecule has 2 aliphatic heterocycles. The lowest BCUT2D eigenvalue weighted by atomic mass is 9.94. The number of rotatable bonds is 6. The number of ether oxygens (including phenoxy) is 1. The average molecular weight is 461 g/mol. The maximum Gasteiger partial charge on any atom is 0.274 e. The van der Waals surface area contributed by atoms with Gasteiger partial charge in [-0.25, -0.2) is 0 Å². The Labute approximate surface area is 198 Å². The van der Waals surface area contributed by atoms with Crippen LogP contribution in [0.25, 0.3) is 0 Å². The van der Waals surface area contributed by atoms with Crippen LogP contribution in [0.15, 0.2) is 48.9 Å². The first kappa shape index (κ1) is 22.2. The van der Waals surface area contributed by atoms with Gasteiger partial charge in [-0.3, -0.25) is 14.6 Å². The highest BCUT2D eigenvalue weighted by molar-refractivity contribution is 6.04. The summed E-state index contributed by atoms with van der Waals surface area (Å²) in [6.45, 7) is 4.15. The van der Waals surface area contributed by atoms with Crippen LogP contribution in [-0.2, 0) is 18.2 Å². The average Bonchev–Trinajstić information content (AvgIpc) is 3.46. The van der Waals surface area contributed by atoms with Crippen LogP contribution < -0.4 is 5.32 Å². The van der Waals surface area contributed by atoms with Crippen molar-refractivity contribution < 1.29 is 14.3 Å². The molecule has 1 spiro atoms. The van der Waals surface area contributed by atoms with Crippen molar-refractivity contribution in [1.29, 1.82) is 0 Å². The predicted octanol–water partition coefficient (Wildman–Crippen LogP) is 2.81. The van der Waals surface area contributed by atoms with Gasteiger partial charge < -0.3 is 19.5 Å². The number of aryl methyl sites for hydroxylation is 1. The van der Waals surface area contributed by atoms with Crippen LogP contribution in [0.5, 0.6) is 0 Å². The van der Waals surface area contributed by atoms with Crippen molar-refractivity contribution in [3.8, 4) is 0 Å². The number of hydrogen-bond acceptors (Lipinski definition) is 6. The van der Waals surface area contributed by atoms with Gasteiger partial charge in [0.2, 0.25) is 0 Å². The molecule has 9 nitrogen and oxygen atoms in total. The lowest BCUT2D eigenvalue weighted by Crippen LogP contribution is -2.46. The van der Waals surface area contributed by atoms with Crippen molar-refractivity contribution in [2.45, 2.75) is 37.7 Å². The third kappa shape index (κ3) is 4.43. The standard InChI is InChI=1S/C25H28N6O3/c1-17(12-22-29-27-16-30(22)2)18-4-3-5-20(13-18)28-23(32)21-14-19(6-9-26-21)24(33)31-10-7-25(15-31)8-11-34-25/h3-6,9,13-14,16-17H,7-8,10-12,15H2,1-2H3,(H,28,32)/t17-,25?/m1/s1. The molecule has 1 N–H and O–H groups in total. The summed E-state index contributed by atoms with van der Waals surface area (Å²) in [6.07, 6.45) is 5.79. The van der Waals surface area contributed by atoms with Crippen molar-refractivity contribution >= 4 is 17.5 Å². The van der Waals surface area contributed by atoms with Crippen molar-refractivity contribution in [2.24, 2.45) is 7.05 Å². The van der Waals surface area contributed by atoms with Gasteiger partial charge in [0.05, 0.1) is 18.8 Å². The molecule has 3 aromatic rings. The van der Waals surface area contributed by atoms with E-state index in [1.807, 2.05) is 35.9 Å². The molecule has 0 aliphatic carbocycles. The van der Waals surface area contributed by atoms with Crippen LogP contribution in [0.2, 0.25) is 0 Å². The molecule has 0 saturated carbocycles. The Balaban J connectivity index is 1.25. The van der Waals surface area contributed by atoms with Gasteiger partial charge in [0, 0.05) is 43.9 Å². The minimum atomic E-state index is -0.354. The van der Waals surface area contributed by atoms with E-state index in [1.165, 1.54) is 6.20 Å². The summed E-state index contributed by atoms with van der Waals surface area (Å²) in [6, 6.07) is 11.0. The van der Waals surface area contributed by atoms with E-state index in [0.29, 0.717) is 24.3 Å². The quantitative estimate of drug-likeness (QED) is 0.607. The second-order valence-corrected chi connectivity index (χ2v) is 9.23. The summed E-state index contributed by atoms with van der Waals surface area (Å²) >= 11 is 0. The first-order chi connectivity index (χ1) is 16.4. The summed E-state index contributed by atoms with van der Waals surface area (Å²) < 4.78 is 7.61. The zero-order chi connectivity index (χ0) is 23.7. The number of hydrogen-bond donors (Lipinski definition) is 1. The summed E-state index contributed by atoms with van der Waals surface area (Å²) in [7, 11) is 1.92. The Morgan fingerprint density at radius 2 is 2.09 bits per heavy atom. The number of likely N-dealkylation sites (tertiary alicyclic amines) is 1. The molecule has 0 radical (unpaired) electrons. The normalized spacial score (nSPS) is 20.2. The molecule has 34 heavy (non-hydrogen) atoms. The minimum absolute atomic E-state index is 0.0941. The molecule has 4 heterocycles. The highest BCUT2D eigenvalue weighted by Gasteiger charge is 2.45. The first-order valence-electron chi connectivity index (χ1n) is 11.6. The van der Waals surface area contributed by atoms with E-state index in [1.54, 1.807) is 23.4 Å². The first-order valence-corrected chi connectivity index (χ1v) is 11.6. The lowest BCUT2D eigenvalue weighted by Gasteiger charge is -2.38. The number of pyridine rings is 1. The molecule has 2 saturated heterocycles. The van der Waals surface area contributed by atoms with E-state index < -0.39 is 0 Å². The van der Waals surface area contributed by atoms with Crippen LogP contribution in [-0.4, -0.2) is 61.8 Å². The lowest BCUT2D eigenvalue weighted by molar-refractivity contribution is -0.135. The number of anilines is 1. The highest BCUT2D eigenvalue weighted by Crippen LogP contribution is 2.36. The molecule has 1 aromatic carbocycles. The molecular formula is C25H28N6O3. The third-order valence-electron chi connectivity index (χ3n) is 6.82. The molecule has 9 heteroatoms. The number of aromatic nitrogens is 4. The highest BCUT2D eigenvalue weighted by atomic mass is 16.5. The number of nitrogens with one attached hydrogen (secondary N) is 1. The van der Waals surface area contributed by atoms with Crippen LogP contribution in [0.4, 0.5) is 5.69 Å². The maximum atomic E-state index is 13.0. The van der Waals surface area contributed by atoms with Gasteiger partial charge in [0.25, 0.3) is 11.8 Å². The van der Waals surface area contributed by atoms with Crippen LogP contribution in [0.3, 0.4) is 0 Å². The molecule has 5 rings (SSSR count). The summed E-state index contributed by atoms with van der Waals surface area (Å²) in [5.74, 6) is 0.652. The fourth-order valence-electron chi connectivity index (χ4n) is 4.60. The van der Waals surface area contributed by atoms with Gasteiger partial charge in [-0.15, -0.1) is 10.2 Å². The Morgan fingerprint density at radius 3 is 2.79 bits per heavy atom. The van der Waals surface area contributed by atoms with Gasteiger partial charge in [-0.1, -0.05) is 19.1 Å². The Kier molecular flexibility index (Phi) is 5.87. The van der Waals surface area contributed by atoms with Crippen molar-refractivity contribution in [2.75, 3.05) is 25.0 Å². The molecule has 1 unspecified atom stereocenters. The van der Waals surface area contributed by atoms with Gasteiger partial charge in [-0.05, 0) is 42.2 Å². The Bertz CT molecular complexity index is 1220. The molecule has 176 valence electrons. The van der Waals surface area contributed by atoms with Gasteiger partial charge >= 0.3 is 0 Å². The largest absolute Gasteiger partial charge is 0.373 e. The van der Waals surface area contributed by atoms with Crippen LogP contribution in [0.1, 0.15) is 57.9 Å².